The molecule has 0 saturated carbocycles. The molecule has 0 aromatic heterocycles. The molecule has 3 atom stereocenters. The number of alkyl halides is 3. The van der Waals surface area contributed by atoms with Crippen LogP contribution in [0.15, 0.2) is 48.5 Å². The van der Waals surface area contributed by atoms with E-state index >= 15 is 0 Å². The van der Waals surface area contributed by atoms with Gasteiger partial charge in [0.1, 0.15) is 6.10 Å². The molecule has 0 aliphatic carbocycles. The van der Waals surface area contributed by atoms with E-state index in [1.54, 1.807) is 0 Å². The minimum Gasteiger partial charge on any atom is -0.380 e. The molecule has 2 rings (SSSR count). The van der Waals surface area contributed by atoms with Crippen molar-refractivity contribution in [2.75, 3.05) is 0 Å². The monoisotopic (exact) mass is 416 g/mol. The first kappa shape index (κ1) is 24.0. The number of benzene rings is 2. The lowest BCUT2D eigenvalue weighted by molar-refractivity contribution is -0.137. The molecule has 2 aromatic carbocycles. The highest BCUT2D eigenvalue weighted by Crippen LogP contribution is 2.30. The molecular formula is C25H29F3NO. The summed E-state index contributed by atoms with van der Waals surface area (Å²) in [4.78, 5) is 0. The fraction of sp³-hybridized carbons (Fsp3) is 0.440. The SMILES string of the molecule is CCCCC(CC)C(O)C#Cc1ccc(CC([NH])c2ccc(C(F)(F)F)cc2)cc1. The Labute approximate surface area is 177 Å². The molecule has 161 valence electrons. The lowest BCUT2D eigenvalue weighted by Gasteiger charge is -2.16. The van der Waals surface area contributed by atoms with Gasteiger partial charge in [0, 0.05) is 5.56 Å². The second-order valence-corrected chi connectivity index (χ2v) is 7.60. The molecule has 0 fully saturated rings. The van der Waals surface area contributed by atoms with Crippen LogP contribution in [-0.4, -0.2) is 11.2 Å². The van der Waals surface area contributed by atoms with Crippen molar-refractivity contribution in [2.24, 2.45) is 5.92 Å². The topological polar surface area (TPSA) is 44.0 Å². The molecule has 2 nitrogen and oxygen atoms in total. The Morgan fingerprint density at radius 2 is 1.63 bits per heavy atom. The molecular weight excluding hydrogens is 387 g/mol. The van der Waals surface area contributed by atoms with Crippen LogP contribution in [0, 0.1) is 17.8 Å². The zero-order valence-corrected chi connectivity index (χ0v) is 17.5. The van der Waals surface area contributed by atoms with Crippen molar-refractivity contribution >= 4 is 0 Å². The molecule has 0 bridgehead atoms. The van der Waals surface area contributed by atoms with Gasteiger partial charge in [-0.2, -0.15) is 13.2 Å². The van der Waals surface area contributed by atoms with E-state index in [0.717, 1.165) is 48.9 Å². The lowest BCUT2D eigenvalue weighted by atomic mass is 9.93. The summed E-state index contributed by atoms with van der Waals surface area (Å²) in [5.74, 6) is 6.14. The highest BCUT2D eigenvalue weighted by atomic mass is 19.4. The van der Waals surface area contributed by atoms with Crippen molar-refractivity contribution in [3.8, 4) is 11.8 Å². The van der Waals surface area contributed by atoms with Crippen LogP contribution in [0.4, 0.5) is 13.2 Å². The molecule has 0 aliphatic rings. The third kappa shape index (κ3) is 7.19. The van der Waals surface area contributed by atoms with Gasteiger partial charge in [-0.3, -0.25) is 0 Å². The summed E-state index contributed by atoms with van der Waals surface area (Å²) in [6.07, 6.45) is -0.566. The average molecular weight is 417 g/mol. The quantitative estimate of drug-likeness (QED) is 0.512. The predicted octanol–water partition coefficient (Wildman–Crippen LogP) is 6.20. The van der Waals surface area contributed by atoms with E-state index in [1.165, 1.54) is 12.1 Å². The smallest absolute Gasteiger partial charge is 0.380 e. The van der Waals surface area contributed by atoms with Crippen LogP contribution in [0.3, 0.4) is 0 Å². The molecule has 0 saturated heterocycles. The summed E-state index contributed by atoms with van der Waals surface area (Å²) in [6.45, 7) is 4.19. The van der Waals surface area contributed by atoms with Crippen LogP contribution < -0.4 is 5.73 Å². The van der Waals surface area contributed by atoms with Crippen molar-refractivity contribution in [3.05, 3.63) is 70.8 Å². The van der Waals surface area contributed by atoms with Crippen molar-refractivity contribution in [1.29, 1.82) is 0 Å². The molecule has 0 aliphatic heterocycles. The minimum absolute atomic E-state index is 0.185. The van der Waals surface area contributed by atoms with Crippen molar-refractivity contribution in [1.82, 2.24) is 5.73 Å². The molecule has 5 heteroatoms. The summed E-state index contributed by atoms with van der Waals surface area (Å²) >= 11 is 0. The first-order chi connectivity index (χ1) is 14.2. The third-order valence-corrected chi connectivity index (χ3v) is 5.30. The Morgan fingerprint density at radius 3 is 2.17 bits per heavy atom. The van der Waals surface area contributed by atoms with E-state index in [2.05, 4.69) is 25.7 Å². The Kier molecular flexibility index (Phi) is 8.95. The van der Waals surface area contributed by atoms with Gasteiger partial charge in [-0.15, -0.1) is 0 Å². The highest BCUT2D eigenvalue weighted by Gasteiger charge is 2.30. The normalized spacial score (nSPS) is 14.5. The van der Waals surface area contributed by atoms with Crippen molar-refractivity contribution < 1.29 is 18.3 Å². The van der Waals surface area contributed by atoms with Crippen LogP contribution >= 0.6 is 0 Å². The summed E-state index contributed by atoms with van der Waals surface area (Å²) in [6, 6.07) is 11.6. The van der Waals surface area contributed by atoms with E-state index in [0.29, 0.717) is 12.0 Å². The van der Waals surface area contributed by atoms with E-state index in [9.17, 15) is 18.3 Å². The van der Waals surface area contributed by atoms with Gasteiger partial charge in [-0.25, -0.2) is 5.73 Å². The Bertz CT molecular complexity index is 832. The van der Waals surface area contributed by atoms with Gasteiger partial charge in [-0.1, -0.05) is 62.8 Å². The molecule has 0 heterocycles. The minimum atomic E-state index is -4.37. The standard InChI is InChI=1S/C25H29F3NO/c1-3-5-6-20(4-2)24(30)16-11-18-7-9-19(10-8-18)17-23(29)21-12-14-22(15-13-21)25(26,27)28/h7-10,12-15,20,23-24,29-30H,3-6,17H2,1-2H3. The molecule has 2 aromatic rings. The van der Waals surface area contributed by atoms with Crippen LogP contribution in [0.2, 0.25) is 0 Å². The van der Waals surface area contributed by atoms with Crippen LogP contribution in [0.5, 0.6) is 0 Å². The Balaban J connectivity index is 1.97. The summed E-state index contributed by atoms with van der Waals surface area (Å²) in [5, 5.41) is 10.3. The van der Waals surface area contributed by atoms with Crippen LogP contribution in [0.25, 0.3) is 0 Å². The third-order valence-electron chi connectivity index (χ3n) is 5.30. The van der Waals surface area contributed by atoms with Crippen LogP contribution in [-0.2, 0) is 12.6 Å². The Hall–Kier alpha value is -2.29. The van der Waals surface area contributed by atoms with Crippen molar-refractivity contribution in [3.63, 3.8) is 0 Å². The summed E-state index contributed by atoms with van der Waals surface area (Å²) in [7, 11) is 0. The number of halogens is 3. The average Bonchev–Trinajstić information content (AvgIpc) is 2.73. The maximum atomic E-state index is 12.7. The zero-order chi connectivity index (χ0) is 22.1. The molecule has 1 radical (unpaired) electrons. The number of unbranched alkanes of at least 4 members (excludes halogenated alkanes) is 1. The maximum Gasteiger partial charge on any atom is 0.416 e. The van der Waals surface area contributed by atoms with Gasteiger partial charge in [-0.05, 0) is 60.6 Å². The van der Waals surface area contributed by atoms with Gasteiger partial charge in [0.15, 0.2) is 0 Å². The van der Waals surface area contributed by atoms with Gasteiger partial charge >= 0.3 is 6.18 Å². The molecule has 2 N–H and O–H groups in total. The number of hydrogen-bond donors (Lipinski definition) is 1. The van der Waals surface area contributed by atoms with Crippen LogP contribution in [0.1, 0.15) is 67.8 Å². The zero-order valence-electron chi connectivity index (χ0n) is 17.5. The van der Waals surface area contributed by atoms with E-state index in [1.807, 2.05) is 24.3 Å². The number of nitrogens with one attached hydrogen (secondary N) is 1. The lowest BCUT2D eigenvalue weighted by Crippen LogP contribution is -2.17. The van der Waals surface area contributed by atoms with Gasteiger partial charge < -0.3 is 5.11 Å². The first-order valence-electron chi connectivity index (χ1n) is 10.4. The fourth-order valence-corrected chi connectivity index (χ4v) is 3.31. The maximum absolute atomic E-state index is 12.7. The number of aliphatic hydroxyl groups excluding tert-OH is 1. The molecule has 30 heavy (non-hydrogen) atoms. The number of aliphatic hydroxyl groups is 1. The van der Waals surface area contributed by atoms with E-state index in [-0.39, 0.29) is 5.92 Å². The number of rotatable bonds is 8. The summed E-state index contributed by atoms with van der Waals surface area (Å²) in [5.41, 5.74) is 9.80. The van der Waals surface area contributed by atoms with Gasteiger partial charge in [0.05, 0.1) is 11.6 Å². The largest absolute Gasteiger partial charge is 0.416 e. The first-order valence-corrected chi connectivity index (χ1v) is 10.4. The van der Waals surface area contributed by atoms with Gasteiger partial charge in [0.25, 0.3) is 0 Å². The van der Waals surface area contributed by atoms with Crippen molar-refractivity contribution in [2.45, 2.75) is 64.3 Å². The number of hydrogen-bond acceptors (Lipinski definition) is 1. The fourth-order valence-electron chi connectivity index (χ4n) is 3.31. The second kappa shape index (κ2) is 11.2. The van der Waals surface area contributed by atoms with E-state index < -0.39 is 23.9 Å². The molecule has 0 amide bonds. The Morgan fingerprint density at radius 1 is 1.00 bits per heavy atom. The molecule has 3 unspecified atom stereocenters. The van der Waals surface area contributed by atoms with Gasteiger partial charge in [0.2, 0.25) is 0 Å². The van der Waals surface area contributed by atoms with E-state index in [4.69, 9.17) is 5.73 Å². The summed E-state index contributed by atoms with van der Waals surface area (Å²) < 4.78 is 38.0. The second-order valence-electron chi connectivity index (χ2n) is 7.60. The molecule has 0 spiro atoms. The predicted molar refractivity (Wildman–Crippen MR) is 114 cm³/mol. The highest BCUT2D eigenvalue weighted by molar-refractivity contribution is 5.37.